The Bertz CT molecular complexity index is 449. The van der Waals surface area contributed by atoms with Crippen LogP contribution in [0.5, 0.6) is 0 Å². The Labute approximate surface area is 110 Å². The Morgan fingerprint density at radius 1 is 1.44 bits per heavy atom. The van der Waals surface area contributed by atoms with Crippen molar-refractivity contribution in [3.05, 3.63) is 28.8 Å². The number of carbonyl (C=O) groups is 2. The normalized spacial score (nSPS) is 9.89. The molecule has 0 radical (unpaired) electrons. The molecular formula is C12H15ClN2O3. The fraction of sp³-hybridized carbons (Fsp3) is 0.333. The summed E-state index contributed by atoms with van der Waals surface area (Å²) in [5.74, 6) is -1.01. The number of hydrogen-bond donors (Lipinski definition) is 2. The first kappa shape index (κ1) is 14.3. The van der Waals surface area contributed by atoms with Crippen LogP contribution < -0.4 is 11.1 Å². The molecule has 98 valence electrons. The summed E-state index contributed by atoms with van der Waals surface area (Å²) in [6.07, 6.45) is 0.820. The van der Waals surface area contributed by atoms with Crippen LogP contribution in [0, 0.1) is 0 Å². The van der Waals surface area contributed by atoms with Gasteiger partial charge in [-0.2, -0.15) is 0 Å². The summed E-state index contributed by atoms with van der Waals surface area (Å²) in [7, 11) is 0. The van der Waals surface area contributed by atoms with E-state index in [0.29, 0.717) is 6.54 Å². The molecule has 1 rings (SSSR count). The minimum absolute atomic E-state index is 0.151. The van der Waals surface area contributed by atoms with Gasteiger partial charge in [0.2, 0.25) is 0 Å². The number of anilines is 1. The first-order valence-electron chi connectivity index (χ1n) is 5.54. The van der Waals surface area contributed by atoms with Crippen LogP contribution in [0.25, 0.3) is 0 Å². The minimum Gasteiger partial charge on any atom is -0.452 e. The van der Waals surface area contributed by atoms with E-state index in [9.17, 15) is 9.59 Å². The molecule has 18 heavy (non-hydrogen) atoms. The molecule has 3 N–H and O–H groups in total. The lowest BCUT2D eigenvalue weighted by Crippen LogP contribution is -2.29. The molecule has 0 saturated carbocycles. The van der Waals surface area contributed by atoms with Gasteiger partial charge in [0.1, 0.15) is 0 Å². The van der Waals surface area contributed by atoms with E-state index in [0.717, 1.165) is 6.42 Å². The number of nitrogens with two attached hydrogens (primary N) is 1. The zero-order valence-electron chi connectivity index (χ0n) is 10.0. The molecule has 0 aliphatic rings. The first-order chi connectivity index (χ1) is 8.56. The number of nitrogens with one attached hydrogen (secondary N) is 1. The van der Waals surface area contributed by atoms with Gasteiger partial charge in [-0.3, -0.25) is 4.79 Å². The highest BCUT2D eigenvalue weighted by Crippen LogP contribution is 2.22. The smallest absolute Gasteiger partial charge is 0.340 e. The topological polar surface area (TPSA) is 81.4 Å². The van der Waals surface area contributed by atoms with Gasteiger partial charge < -0.3 is 15.8 Å². The summed E-state index contributed by atoms with van der Waals surface area (Å²) in [4.78, 5) is 22.9. The van der Waals surface area contributed by atoms with E-state index in [1.165, 1.54) is 6.07 Å². The van der Waals surface area contributed by atoms with Gasteiger partial charge in [0.05, 0.1) is 16.3 Å². The largest absolute Gasteiger partial charge is 0.452 e. The van der Waals surface area contributed by atoms with Gasteiger partial charge in [0.15, 0.2) is 6.61 Å². The van der Waals surface area contributed by atoms with Crippen LogP contribution in [0.3, 0.4) is 0 Å². The van der Waals surface area contributed by atoms with Crippen molar-refractivity contribution in [3.63, 3.8) is 0 Å². The molecule has 0 aromatic heterocycles. The third-order valence-electron chi connectivity index (χ3n) is 2.18. The highest BCUT2D eigenvalue weighted by atomic mass is 35.5. The Morgan fingerprint density at radius 2 is 2.17 bits per heavy atom. The van der Waals surface area contributed by atoms with Crippen molar-refractivity contribution >= 4 is 29.2 Å². The van der Waals surface area contributed by atoms with E-state index in [2.05, 4.69) is 5.32 Å². The van der Waals surface area contributed by atoms with Gasteiger partial charge in [-0.25, -0.2) is 4.79 Å². The predicted molar refractivity (Wildman–Crippen MR) is 69.4 cm³/mol. The molecule has 0 saturated heterocycles. The number of hydrogen-bond acceptors (Lipinski definition) is 4. The zero-order valence-corrected chi connectivity index (χ0v) is 10.8. The maximum absolute atomic E-state index is 11.7. The van der Waals surface area contributed by atoms with Crippen molar-refractivity contribution in [1.29, 1.82) is 0 Å². The molecule has 0 fully saturated rings. The Hall–Kier alpha value is -1.75. The minimum atomic E-state index is -0.665. The van der Waals surface area contributed by atoms with Gasteiger partial charge in [0, 0.05) is 6.54 Å². The van der Waals surface area contributed by atoms with Gasteiger partial charge >= 0.3 is 5.97 Å². The molecule has 0 aliphatic heterocycles. The number of carbonyl (C=O) groups excluding carboxylic acids is 2. The third-order valence-corrected chi connectivity index (χ3v) is 2.51. The third kappa shape index (κ3) is 3.92. The number of ether oxygens (including phenoxy) is 1. The van der Waals surface area contributed by atoms with Crippen molar-refractivity contribution in [3.8, 4) is 0 Å². The monoisotopic (exact) mass is 270 g/mol. The van der Waals surface area contributed by atoms with E-state index in [1.54, 1.807) is 12.1 Å². The molecule has 1 aromatic carbocycles. The van der Waals surface area contributed by atoms with E-state index < -0.39 is 5.97 Å². The fourth-order valence-corrected chi connectivity index (χ4v) is 1.41. The van der Waals surface area contributed by atoms with Crippen LogP contribution in [0.2, 0.25) is 5.02 Å². The average molecular weight is 271 g/mol. The second-order valence-electron chi connectivity index (χ2n) is 3.63. The van der Waals surface area contributed by atoms with E-state index in [-0.39, 0.29) is 28.8 Å². The lowest BCUT2D eigenvalue weighted by molar-refractivity contribution is -0.124. The van der Waals surface area contributed by atoms with E-state index in [1.807, 2.05) is 6.92 Å². The average Bonchev–Trinajstić information content (AvgIpc) is 2.36. The maximum atomic E-state index is 11.7. The SMILES string of the molecule is CCCNC(=O)COC(=O)c1cccc(Cl)c1N. The van der Waals surface area contributed by atoms with Crippen LogP contribution in [-0.2, 0) is 9.53 Å². The second kappa shape index (κ2) is 6.86. The zero-order chi connectivity index (χ0) is 13.5. The van der Waals surface area contributed by atoms with E-state index >= 15 is 0 Å². The number of esters is 1. The molecule has 5 nitrogen and oxygen atoms in total. The molecule has 1 amide bonds. The molecule has 0 unspecified atom stereocenters. The molecule has 0 spiro atoms. The molecule has 0 atom stereocenters. The van der Waals surface area contributed by atoms with Gasteiger partial charge in [-0.15, -0.1) is 0 Å². The number of para-hydroxylation sites is 1. The molecule has 0 heterocycles. The standard InChI is InChI=1S/C12H15ClN2O3/c1-2-6-15-10(16)7-18-12(17)8-4-3-5-9(13)11(8)14/h3-5H,2,6-7,14H2,1H3,(H,15,16). The number of benzene rings is 1. The second-order valence-corrected chi connectivity index (χ2v) is 4.03. The molecule has 0 bridgehead atoms. The molecule has 6 heteroatoms. The van der Waals surface area contributed by atoms with Crippen LogP contribution in [0.4, 0.5) is 5.69 Å². The van der Waals surface area contributed by atoms with Crippen molar-refractivity contribution in [1.82, 2.24) is 5.32 Å². The summed E-state index contributed by atoms with van der Waals surface area (Å²) in [6, 6.07) is 4.65. The van der Waals surface area contributed by atoms with Gasteiger partial charge in [-0.05, 0) is 18.6 Å². The number of rotatable bonds is 5. The van der Waals surface area contributed by atoms with Crippen molar-refractivity contribution in [2.45, 2.75) is 13.3 Å². The van der Waals surface area contributed by atoms with Crippen molar-refractivity contribution < 1.29 is 14.3 Å². The maximum Gasteiger partial charge on any atom is 0.340 e. The van der Waals surface area contributed by atoms with Crippen molar-refractivity contribution in [2.75, 3.05) is 18.9 Å². The Morgan fingerprint density at radius 3 is 2.83 bits per heavy atom. The predicted octanol–water partition coefficient (Wildman–Crippen LogP) is 1.61. The van der Waals surface area contributed by atoms with Crippen molar-refractivity contribution in [2.24, 2.45) is 0 Å². The van der Waals surface area contributed by atoms with Crippen LogP contribution in [0.15, 0.2) is 18.2 Å². The number of amides is 1. The quantitative estimate of drug-likeness (QED) is 0.629. The van der Waals surface area contributed by atoms with Gasteiger partial charge in [-0.1, -0.05) is 24.6 Å². The lowest BCUT2D eigenvalue weighted by Gasteiger charge is -2.08. The number of nitrogen functional groups attached to an aromatic ring is 1. The van der Waals surface area contributed by atoms with Crippen LogP contribution in [0.1, 0.15) is 23.7 Å². The number of halogens is 1. The molecule has 1 aromatic rings. The summed E-state index contributed by atoms with van der Waals surface area (Å²) >= 11 is 5.78. The molecule has 0 aliphatic carbocycles. The summed E-state index contributed by atoms with van der Waals surface area (Å²) in [5, 5.41) is 2.87. The summed E-state index contributed by atoms with van der Waals surface area (Å²) in [5.41, 5.74) is 5.95. The highest BCUT2D eigenvalue weighted by Gasteiger charge is 2.14. The lowest BCUT2D eigenvalue weighted by atomic mass is 10.2. The van der Waals surface area contributed by atoms with Crippen LogP contribution >= 0.6 is 11.6 Å². The highest BCUT2D eigenvalue weighted by molar-refractivity contribution is 6.33. The fourth-order valence-electron chi connectivity index (χ4n) is 1.24. The van der Waals surface area contributed by atoms with E-state index in [4.69, 9.17) is 22.1 Å². The summed E-state index contributed by atoms with van der Waals surface area (Å²) in [6.45, 7) is 2.15. The molecular weight excluding hydrogens is 256 g/mol. The Kier molecular flexibility index (Phi) is 5.45. The summed E-state index contributed by atoms with van der Waals surface area (Å²) < 4.78 is 4.83. The van der Waals surface area contributed by atoms with Gasteiger partial charge in [0.25, 0.3) is 5.91 Å². The Balaban J connectivity index is 2.55. The first-order valence-corrected chi connectivity index (χ1v) is 5.91. The van der Waals surface area contributed by atoms with Crippen LogP contribution in [-0.4, -0.2) is 25.0 Å².